The van der Waals surface area contributed by atoms with E-state index in [1.807, 2.05) is 11.3 Å². The Kier molecular flexibility index (Phi) is 4.09. The van der Waals surface area contributed by atoms with E-state index in [-0.39, 0.29) is 0 Å². The van der Waals surface area contributed by atoms with Crippen LogP contribution in [0.3, 0.4) is 0 Å². The molecule has 5 nitrogen and oxygen atoms in total. The highest BCUT2D eigenvalue weighted by Crippen LogP contribution is 2.33. The maximum atomic E-state index is 4.75. The molecule has 0 radical (unpaired) electrons. The number of thiazole rings is 1. The SMILES string of the molecule is Cc1nc(N2CCC[C@H](c3nnc4n3CCCCC4)C2)sc1C. The van der Waals surface area contributed by atoms with Crippen molar-refractivity contribution in [3.05, 3.63) is 22.2 Å². The van der Waals surface area contributed by atoms with Crippen LogP contribution in [-0.4, -0.2) is 32.8 Å². The third-order valence-corrected chi connectivity index (χ3v) is 6.35. The van der Waals surface area contributed by atoms with Gasteiger partial charge in [-0.2, -0.15) is 0 Å². The molecule has 6 heteroatoms. The zero-order valence-corrected chi connectivity index (χ0v) is 14.9. The highest BCUT2D eigenvalue weighted by atomic mass is 32.1. The monoisotopic (exact) mass is 331 g/mol. The maximum absolute atomic E-state index is 4.75. The lowest BCUT2D eigenvalue weighted by atomic mass is 9.97. The molecule has 1 saturated heterocycles. The lowest BCUT2D eigenvalue weighted by Gasteiger charge is -2.32. The van der Waals surface area contributed by atoms with E-state index in [4.69, 9.17) is 4.98 Å². The summed E-state index contributed by atoms with van der Waals surface area (Å²) in [7, 11) is 0. The van der Waals surface area contributed by atoms with Crippen molar-refractivity contribution in [2.24, 2.45) is 0 Å². The standard InChI is InChI=1S/C17H25N5S/c1-12-13(2)23-17(18-12)21-9-6-7-14(11-21)16-20-19-15-8-4-3-5-10-22(15)16/h14H,3-11H2,1-2H3/t14-/m0/s1. The number of fused-ring (bicyclic) bond motifs is 1. The fraction of sp³-hybridized carbons (Fsp3) is 0.706. The molecule has 0 aliphatic carbocycles. The van der Waals surface area contributed by atoms with Crippen LogP contribution in [0, 0.1) is 13.8 Å². The summed E-state index contributed by atoms with van der Waals surface area (Å²) in [5, 5.41) is 10.3. The van der Waals surface area contributed by atoms with E-state index in [9.17, 15) is 0 Å². The summed E-state index contributed by atoms with van der Waals surface area (Å²) in [5.74, 6) is 2.92. The maximum Gasteiger partial charge on any atom is 0.185 e. The topological polar surface area (TPSA) is 46.8 Å². The quantitative estimate of drug-likeness (QED) is 0.845. The average molecular weight is 331 g/mol. The lowest BCUT2D eigenvalue weighted by molar-refractivity contribution is 0.465. The Bertz CT molecular complexity index is 670. The van der Waals surface area contributed by atoms with Crippen molar-refractivity contribution in [2.45, 2.75) is 64.8 Å². The van der Waals surface area contributed by atoms with Crippen LogP contribution in [0.4, 0.5) is 5.13 Å². The van der Waals surface area contributed by atoms with Crippen LogP contribution >= 0.6 is 11.3 Å². The van der Waals surface area contributed by atoms with Crippen molar-refractivity contribution in [1.29, 1.82) is 0 Å². The molecule has 0 spiro atoms. The van der Waals surface area contributed by atoms with E-state index in [0.29, 0.717) is 5.92 Å². The van der Waals surface area contributed by atoms with Crippen LogP contribution in [0.15, 0.2) is 0 Å². The lowest BCUT2D eigenvalue weighted by Crippen LogP contribution is -2.35. The Morgan fingerprint density at radius 3 is 2.78 bits per heavy atom. The number of rotatable bonds is 2. The van der Waals surface area contributed by atoms with Gasteiger partial charge in [0.1, 0.15) is 11.6 Å². The van der Waals surface area contributed by atoms with Crippen molar-refractivity contribution in [3.8, 4) is 0 Å². The zero-order valence-electron chi connectivity index (χ0n) is 14.1. The number of hydrogen-bond donors (Lipinski definition) is 0. The van der Waals surface area contributed by atoms with Gasteiger partial charge in [-0.3, -0.25) is 0 Å². The van der Waals surface area contributed by atoms with Crippen LogP contribution < -0.4 is 4.90 Å². The van der Waals surface area contributed by atoms with E-state index >= 15 is 0 Å². The summed E-state index contributed by atoms with van der Waals surface area (Å²) in [6.45, 7) is 7.52. The summed E-state index contributed by atoms with van der Waals surface area (Å²) in [6.07, 6.45) is 7.36. The van der Waals surface area contributed by atoms with Crippen molar-refractivity contribution in [1.82, 2.24) is 19.7 Å². The largest absolute Gasteiger partial charge is 0.347 e. The number of anilines is 1. The fourth-order valence-electron chi connectivity index (χ4n) is 3.76. The smallest absolute Gasteiger partial charge is 0.185 e. The first kappa shape index (κ1) is 15.1. The molecule has 1 atom stereocenters. The number of hydrogen-bond acceptors (Lipinski definition) is 5. The summed E-state index contributed by atoms with van der Waals surface area (Å²) >= 11 is 1.82. The third-order valence-electron chi connectivity index (χ3n) is 5.21. The predicted molar refractivity (Wildman–Crippen MR) is 93.4 cm³/mol. The molecular formula is C17H25N5S. The van der Waals surface area contributed by atoms with Gasteiger partial charge >= 0.3 is 0 Å². The summed E-state index contributed by atoms with van der Waals surface area (Å²) < 4.78 is 2.42. The van der Waals surface area contributed by atoms with Gasteiger partial charge in [-0.25, -0.2) is 4.98 Å². The first-order valence-electron chi connectivity index (χ1n) is 8.83. The minimum Gasteiger partial charge on any atom is -0.347 e. The van der Waals surface area contributed by atoms with Crippen molar-refractivity contribution >= 4 is 16.5 Å². The Morgan fingerprint density at radius 1 is 1.04 bits per heavy atom. The first-order chi connectivity index (χ1) is 11.2. The highest BCUT2D eigenvalue weighted by molar-refractivity contribution is 7.15. The van der Waals surface area contributed by atoms with Crippen LogP contribution in [-0.2, 0) is 13.0 Å². The molecule has 124 valence electrons. The molecule has 2 aliphatic rings. The van der Waals surface area contributed by atoms with E-state index in [2.05, 4.69) is 33.5 Å². The molecule has 2 aromatic heterocycles. The Balaban J connectivity index is 1.57. The van der Waals surface area contributed by atoms with E-state index in [0.717, 1.165) is 26.1 Å². The van der Waals surface area contributed by atoms with Gasteiger partial charge in [0.2, 0.25) is 0 Å². The first-order valence-corrected chi connectivity index (χ1v) is 9.65. The van der Waals surface area contributed by atoms with Gasteiger partial charge in [-0.05, 0) is 39.5 Å². The second-order valence-electron chi connectivity index (χ2n) is 6.86. The van der Waals surface area contributed by atoms with Crippen LogP contribution in [0.25, 0.3) is 0 Å². The minimum atomic E-state index is 0.493. The zero-order chi connectivity index (χ0) is 15.8. The highest BCUT2D eigenvalue weighted by Gasteiger charge is 2.28. The number of aryl methyl sites for hydroxylation is 3. The molecule has 2 aliphatic heterocycles. The molecule has 23 heavy (non-hydrogen) atoms. The Hall–Kier alpha value is -1.43. The molecule has 0 aromatic carbocycles. The average Bonchev–Trinajstić information content (AvgIpc) is 3.03. The fourth-order valence-corrected chi connectivity index (χ4v) is 4.71. The van der Waals surface area contributed by atoms with Crippen molar-refractivity contribution in [3.63, 3.8) is 0 Å². The Morgan fingerprint density at radius 2 is 1.96 bits per heavy atom. The number of piperidine rings is 1. The molecule has 0 saturated carbocycles. The van der Waals surface area contributed by atoms with E-state index in [1.165, 1.54) is 59.5 Å². The minimum absolute atomic E-state index is 0.493. The number of nitrogens with zero attached hydrogens (tertiary/aromatic N) is 5. The van der Waals surface area contributed by atoms with Crippen LogP contribution in [0.5, 0.6) is 0 Å². The normalized spacial score (nSPS) is 22.0. The van der Waals surface area contributed by atoms with Gasteiger partial charge < -0.3 is 9.47 Å². The predicted octanol–water partition coefficient (Wildman–Crippen LogP) is 3.46. The molecule has 1 fully saturated rings. The van der Waals surface area contributed by atoms with Gasteiger partial charge in [0.05, 0.1) is 5.69 Å². The van der Waals surface area contributed by atoms with Gasteiger partial charge in [-0.15, -0.1) is 21.5 Å². The molecule has 2 aromatic rings. The third kappa shape index (κ3) is 2.89. The van der Waals surface area contributed by atoms with Crippen LogP contribution in [0.2, 0.25) is 0 Å². The molecular weight excluding hydrogens is 306 g/mol. The van der Waals surface area contributed by atoms with Crippen molar-refractivity contribution < 1.29 is 0 Å². The van der Waals surface area contributed by atoms with Gasteiger partial charge in [0.15, 0.2) is 5.13 Å². The second kappa shape index (κ2) is 6.23. The molecule has 0 unspecified atom stereocenters. The van der Waals surface area contributed by atoms with Gasteiger partial charge in [0, 0.05) is 36.9 Å². The van der Waals surface area contributed by atoms with E-state index < -0.39 is 0 Å². The van der Waals surface area contributed by atoms with E-state index in [1.54, 1.807) is 0 Å². The van der Waals surface area contributed by atoms with Crippen LogP contribution in [0.1, 0.15) is 60.2 Å². The summed E-state index contributed by atoms with van der Waals surface area (Å²) in [4.78, 5) is 8.54. The van der Waals surface area contributed by atoms with Crippen molar-refractivity contribution in [2.75, 3.05) is 18.0 Å². The second-order valence-corrected chi connectivity index (χ2v) is 8.04. The molecule has 0 N–H and O–H groups in total. The number of aromatic nitrogens is 4. The Labute approximate surface area is 141 Å². The molecule has 4 heterocycles. The van der Waals surface area contributed by atoms with Gasteiger partial charge in [0.25, 0.3) is 0 Å². The summed E-state index contributed by atoms with van der Waals surface area (Å²) in [6, 6.07) is 0. The molecule has 4 rings (SSSR count). The summed E-state index contributed by atoms with van der Waals surface area (Å²) in [5.41, 5.74) is 1.17. The molecule has 0 bridgehead atoms. The molecule has 0 amide bonds. The van der Waals surface area contributed by atoms with Gasteiger partial charge in [-0.1, -0.05) is 6.42 Å².